The fraction of sp³-hybridized carbons (Fsp3) is 0.950. The summed E-state index contributed by atoms with van der Waals surface area (Å²) >= 11 is 0. The third kappa shape index (κ3) is 1.78. The Labute approximate surface area is 130 Å². The Balaban J connectivity index is 1.67. The Bertz CT molecular complexity index is 455. The Morgan fingerprint density at radius 3 is 2.57 bits per heavy atom. The summed E-state index contributed by atoms with van der Waals surface area (Å²) in [4.78, 5) is 12.7. The van der Waals surface area contributed by atoms with Crippen molar-refractivity contribution in [1.29, 1.82) is 0 Å². The smallest absolute Gasteiger partial charge is 0.141 e. The summed E-state index contributed by atoms with van der Waals surface area (Å²) in [5, 5.41) is 0. The highest BCUT2D eigenvalue weighted by atomic mass is 16.1. The Morgan fingerprint density at radius 1 is 0.952 bits per heavy atom. The van der Waals surface area contributed by atoms with Gasteiger partial charge in [-0.2, -0.15) is 0 Å². The first-order valence-electron chi connectivity index (χ1n) is 9.51. The predicted molar refractivity (Wildman–Crippen MR) is 85.9 cm³/mol. The first-order valence-corrected chi connectivity index (χ1v) is 9.51. The van der Waals surface area contributed by atoms with Gasteiger partial charge in [-0.1, -0.05) is 33.6 Å². The Kier molecular flexibility index (Phi) is 3.12. The van der Waals surface area contributed by atoms with Crippen LogP contribution in [0.25, 0.3) is 0 Å². The number of carbonyl (C=O) groups excluding carboxylic acids is 1. The molecule has 7 atom stereocenters. The number of hydrogen-bond acceptors (Lipinski definition) is 1. The summed E-state index contributed by atoms with van der Waals surface area (Å²) in [6.45, 7) is 7.13. The molecule has 0 aromatic carbocycles. The second-order valence-corrected chi connectivity index (χ2v) is 9.36. The number of rotatable bonds is 0. The van der Waals surface area contributed by atoms with Crippen LogP contribution in [0.5, 0.6) is 0 Å². The van der Waals surface area contributed by atoms with Crippen molar-refractivity contribution in [3.63, 3.8) is 0 Å². The molecule has 0 N–H and O–H groups in total. The summed E-state index contributed by atoms with van der Waals surface area (Å²) in [5.41, 5.74) is 0.649. The van der Waals surface area contributed by atoms with Gasteiger partial charge >= 0.3 is 0 Å². The molecule has 4 aliphatic rings. The van der Waals surface area contributed by atoms with E-state index >= 15 is 0 Å². The molecule has 0 aromatic rings. The third-order valence-corrected chi connectivity index (χ3v) is 8.59. The zero-order valence-electron chi connectivity index (χ0n) is 14.2. The van der Waals surface area contributed by atoms with E-state index in [0.29, 0.717) is 23.0 Å². The quantitative estimate of drug-likeness (QED) is 0.596. The van der Waals surface area contributed by atoms with E-state index < -0.39 is 0 Å². The van der Waals surface area contributed by atoms with Crippen molar-refractivity contribution in [1.82, 2.24) is 0 Å². The van der Waals surface area contributed by atoms with Crippen LogP contribution < -0.4 is 0 Å². The minimum absolute atomic E-state index is 0.0401. The predicted octanol–water partition coefficient (Wildman–Crippen LogP) is 5.23. The minimum atomic E-state index is 0.0401. The molecule has 21 heavy (non-hydrogen) atoms. The fourth-order valence-electron chi connectivity index (χ4n) is 7.41. The van der Waals surface area contributed by atoms with E-state index in [-0.39, 0.29) is 5.41 Å². The number of fused-ring (bicyclic) bond motifs is 5. The highest BCUT2D eigenvalue weighted by Gasteiger charge is 2.61. The fourth-order valence-corrected chi connectivity index (χ4v) is 7.41. The molecule has 0 aromatic heterocycles. The molecule has 1 heteroatoms. The number of ketones is 1. The second-order valence-electron chi connectivity index (χ2n) is 9.36. The van der Waals surface area contributed by atoms with Gasteiger partial charge in [0.25, 0.3) is 0 Å². The van der Waals surface area contributed by atoms with Crippen LogP contribution in [-0.4, -0.2) is 5.78 Å². The molecule has 0 heterocycles. The Hall–Kier alpha value is -0.330. The summed E-state index contributed by atoms with van der Waals surface area (Å²) < 4.78 is 0. The van der Waals surface area contributed by atoms with Gasteiger partial charge in [-0.15, -0.1) is 0 Å². The molecule has 4 aliphatic carbocycles. The van der Waals surface area contributed by atoms with Crippen LogP contribution in [0.2, 0.25) is 0 Å². The lowest BCUT2D eigenvalue weighted by molar-refractivity contribution is -0.139. The van der Waals surface area contributed by atoms with Crippen LogP contribution in [0, 0.1) is 40.4 Å². The molecule has 0 amide bonds. The highest BCUT2D eigenvalue weighted by Crippen LogP contribution is 2.65. The third-order valence-electron chi connectivity index (χ3n) is 8.59. The van der Waals surface area contributed by atoms with Crippen molar-refractivity contribution < 1.29 is 4.79 Å². The number of Topliss-reactive ketones (excluding diaryl/α,β-unsaturated/α-hetero) is 1. The molecule has 0 spiro atoms. The number of carbonyl (C=O) groups is 1. The second kappa shape index (κ2) is 4.59. The van der Waals surface area contributed by atoms with Gasteiger partial charge in [-0.3, -0.25) is 4.79 Å². The highest BCUT2D eigenvalue weighted by molar-refractivity contribution is 5.89. The van der Waals surface area contributed by atoms with Gasteiger partial charge in [0.1, 0.15) is 5.78 Å². The molecule has 0 aliphatic heterocycles. The molecule has 4 rings (SSSR count). The summed E-state index contributed by atoms with van der Waals surface area (Å²) in [6.07, 6.45) is 12.5. The molecule has 0 saturated heterocycles. The van der Waals surface area contributed by atoms with E-state index in [1.165, 1.54) is 57.8 Å². The summed E-state index contributed by atoms with van der Waals surface area (Å²) in [6, 6.07) is 0. The van der Waals surface area contributed by atoms with Gasteiger partial charge in [0.15, 0.2) is 0 Å². The molecule has 4 saturated carbocycles. The molecule has 1 nitrogen and oxygen atoms in total. The lowest BCUT2D eigenvalue weighted by atomic mass is 9.45. The average molecular weight is 288 g/mol. The van der Waals surface area contributed by atoms with Crippen molar-refractivity contribution in [2.75, 3.05) is 0 Å². The molecular weight excluding hydrogens is 256 g/mol. The zero-order chi connectivity index (χ0) is 14.8. The SMILES string of the molecule is C[C@@H]1C[C@H]2[C@@H]3CC[C@H]4CCCC[C@]4(C)[C@H]3CC[C@]2(C)C1=O. The maximum Gasteiger partial charge on any atom is 0.141 e. The zero-order valence-corrected chi connectivity index (χ0v) is 14.2. The van der Waals surface area contributed by atoms with Crippen molar-refractivity contribution >= 4 is 5.78 Å². The van der Waals surface area contributed by atoms with Crippen molar-refractivity contribution in [3.8, 4) is 0 Å². The van der Waals surface area contributed by atoms with E-state index in [4.69, 9.17) is 0 Å². The van der Waals surface area contributed by atoms with Crippen molar-refractivity contribution in [2.45, 2.75) is 78.6 Å². The first-order chi connectivity index (χ1) is 9.97. The van der Waals surface area contributed by atoms with E-state index in [1.807, 2.05) is 0 Å². The van der Waals surface area contributed by atoms with Crippen LogP contribution in [0.3, 0.4) is 0 Å². The van der Waals surface area contributed by atoms with Crippen LogP contribution >= 0.6 is 0 Å². The lowest BCUT2D eigenvalue weighted by Crippen LogP contribution is -2.52. The maximum atomic E-state index is 12.7. The number of hydrogen-bond donors (Lipinski definition) is 0. The largest absolute Gasteiger partial charge is 0.299 e. The maximum absolute atomic E-state index is 12.7. The van der Waals surface area contributed by atoms with Gasteiger partial charge in [0.2, 0.25) is 0 Å². The lowest BCUT2D eigenvalue weighted by Gasteiger charge is -2.59. The normalized spacial score (nSPS) is 56.5. The summed E-state index contributed by atoms with van der Waals surface area (Å²) in [5.74, 6) is 4.41. The molecule has 0 bridgehead atoms. The van der Waals surface area contributed by atoms with Crippen LogP contribution in [0.4, 0.5) is 0 Å². The van der Waals surface area contributed by atoms with Crippen LogP contribution in [-0.2, 0) is 4.79 Å². The van der Waals surface area contributed by atoms with E-state index in [1.54, 1.807) is 0 Å². The van der Waals surface area contributed by atoms with Crippen molar-refractivity contribution in [2.24, 2.45) is 40.4 Å². The van der Waals surface area contributed by atoms with Gasteiger partial charge in [0.05, 0.1) is 0 Å². The van der Waals surface area contributed by atoms with E-state index in [2.05, 4.69) is 20.8 Å². The van der Waals surface area contributed by atoms with E-state index in [9.17, 15) is 4.79 Å². The summed E-state index contributed by atoms with van der Waals surface area (Å²) in [7, 11) is 0. The molecule has 118 valence electrons. The minimum Gasteiger partial charge on any atom is -0.299 e. The van der Waals surface area contributed by atoms with Gasteiger partial charge in [0, 0.05) is 11.3 Å². The monoisotopic (exact) mass is 288 g/mol. The Morgan fingerprint density at radius 2 is 1.76 bits per heavy atom. The standard InChI is InChI=1S/C20H32O/c1-13-12-17-15-8-7-14-6-4-5-10-19(14,2)16(15)9-11-20(17,3)18(13)21/h13-17H,4-12H2,1-3H3/t13-,14-,15-,16+,17+,19+,20+/m1/s1. The van der Waals surface area contributed by atoms with Crippen LogP contribution in [0.15, 0.2) is 0 Å². The molecule has 4 fully saturated rings. The van der Waals surface area contributed by atoms with Gasteiger partial charge in [-0.25, -0.2) is 0 Å². The average Bonchev–Trinajstić information content (AvgIpc) is 2.70. The van der Waals surface area contributed by atoms with Crippen LogP contribution in [0.1, 0.15) is 78.6 Å². The first kappa shape index (κ1) is 14.3. The topological polar surface area (TPSA) is 17.1 Å². The molecule has 0 radical (unpaired) electrons. The van der Waals surface area contributed by atoms with Gasteiger partial charge in [-0.05, 0) is 74.0 Å². The van der Waals surface area contributed by atoms with Crippen molar-refractivity contribution in [3.05, 3.63) is 0 Å². The molecular formula is C20H32O. The van der Waals surface area contributed by atoms with E-state index in [0.717, 1.165) is 17.8 Å². The van der Waals surface area contributed by atoms with Gasteiger partial charge < -0.3 is 0 Å². The molecule has 0 unspecified atom stereocenters.